The number of anilines is 1. The highest BCUT2D eigenvalue weighted by atomic mass is 32.1. The van der Waals surface area contributed by atoms with Crippen molar-refractivity contribution in [2.75, 3.05) is 26.0 Å². The first-order chi connectivity index (χ1) is 8.52. The van der Waals surface area contributed by atoms with Gasteiger partial charge in [-0.25, -0.2) is 4.98 Å². The molecule has 0 radical (unpaired) electrons. The summed E-state index contributed by atoms with van der Waals surface area (Å²) in [5.41, 5.74) is 1.41. The maximum atomic E-state index is 4.49. The first kappa shape index (κ1) is 13.8. The summed E-state index contributed by atoms with van der Waals surface area (Å²) in [6.45, 7) is 5.44. The Morgan fingerprint density at radius 2 is 2.33 bits per heavy atom. The van der Waals surface area contributed by atoms with Crippen LogP contribution in [0.2, 0.25) is 0 Å². The van der Waals surface area contributed by atoms with Crippen LogP contribution in [0, 0.1) is 12.8 Å². The molecular weight excluding hydrogens is 242 g/mol. The zero-order valence-corrected chi connectivity index (χ0v) is 12.8. The van der Waals surface area contributed by atoms with Crippen molar-refractivity contribution in [1.82, 2.24) is 9.88 Å². The summed E-state index contributed by atoms with van der Waals surface area (Å²) in [5.74, 6) is 0.834. The number of hydrogen-bond donors (Lipinski definition) is 1. The highest BCUT2D eigenvalue weighted by molar-refractivity contribution is 7.13. The van der Waals surface area contributed by atoms with Gasteiger partial charge in [-0.05, 0) is 39.8 Å². The van der Waals surface area contributed by atoms with Crippen molar-refractivity contribution >= 4 is 16.5 Å². The lowest BCUT2D eigenvalue weighted by molar-refractivity contribution is 0.0882. The summed E-state index contributed by atoms with van der Waals surface area (Å²) in [7, 11) is 4.43. The van der Waals surface area contributed by atoms with Gasteiger partial charge in [-0.3, -0.25) is 0 Å². The maximum Gasteiger partial charge on any atom is 0.182 e. The first-order valence-electron chi connectivity index (χ1n) is 6.85. The molecule has 102 valence electrons. The summed E-state index contributed by atoms with van der Waals surface area (Å²) in [6.07, 6.45) is 5.31. The van der Waals surface area contributed by atoms with Crippen LogP contribution in [0.25, 0.3) is 0 Å². The lowest BCUT2D eigenvalue weighted by Crippen LogP contribution is -2.52. The number of hydrogen-bond acceptors (Lipinski definition) is 4. The van der Waals surface area contributed by atoms with Crippen molar-refractivity contribution in [2.45, 2.75) is 45.1 Å². The molecule has 0 aliphatic heterocycles. The fourth-order valence-corrected chi connectivity index (χ4v) is 3.72. The molecule has 0 saturated heterocycles. The van der Waals surface area contributed by atoms with E-state index < -0.39 is 0 Å². The Labute approximate surface area is 115 Å². The molecule has 0 aromatic carbocycles. The quantitative estimate of drug-likeness (QED) is 0.906. The van der Waals surface area contributed by atoms with Crippen LogP contribution in [-0.2, 0) is 0 Å². The lowest BCUT2D eigenvalue weighted by Gasteiger charge is -2.45. The molecule has 2 rings (SSSR count). The van der Waals surface area contributed by atoms with Gasteiger partial charge in [-0.15, -0.1) is 11.3 Å². The molecule has 1 aromatic rings. The van der Waals surface area contributed by atoms with Crippen LogP contribution in [-0.4, -0.2) is 36.1 Å². The van der Waals surface area contributed by atoms with Crippen LogP contribution in [0.1, 0.15) is 38.3 Å². The predicted molar refractivity (Wildman–Crippen MR) is 79.4 cm³/mol. The van der Waals surface area contributed by atoms with E-state index in [4.69, 9.17) is 0 Å². The molecule has 4 heteroatoms. The molecule has 1 aromatic heterocycles. The van der Waals surface area contributed by atoms with Gasteiger partial charge in [0.2, 0.25) is 0 Å². The van der Waals surface area contributed by atoms with Crippen LogP contribution in [0.4, 0.5) is 5.13 Å². The molecule has 18 heavy (non-hydrogen) atoms. The molecule has 0 bridgehead atoms. The Morgan fingerprint density at radius 3 is 2.89 bits per heavy atom. The molecule has 0 amide bonds. The van der Waals surface area contributed by atoms with E-state index in [-0.39, 0.29) is 0 Å². The summed E-state index contributed by atoms with van der Waals surface area (Å²) in [4.78, 5) is 6.91. The van der Waals surface area contributed by atoms with E-state index in [2.05, 4.69) is 41.6 Å². The molecule has 1 N–H and O–H groups in total. The zero-order valence-electron chi connectivity index (χ0n) is 12.0. The zero-order chi connectivity index (χ0) is 13.2. The number of aryl methyl sites for hydroxylation is 1. The molecule has 2 atom stereocenters. The molecular formula is C14H25N3S. The average molecular weight is 267 g/mol. The summed E-state index contributed by atoms with van der Waals surface area (Å²) in [6, 6.07) is 0. The molecule has 0 spiro atoms. The second kappa shape index (κ2) is 5.57. The Hall–Kier alpha value is -0.610. The smallest absolute Gasteiger partial charge is 0.182 e. The van der Waals surface area contributed by atoms with Gasteiger partial charge in [-0.2, -0.15) is 0 Å². The lowest BCUT2D eigenvalue weighted by atomic mass is 9.75. The van der Waals surface area contributed by atoms with Crippen molar-refractivity contribution in [3.8, 4) is 0 Å². The van der Waals surface area contributed by atoms with Gasteiger partial charge in [0.1, 0.15) is 0 Å². The summed E-state index contributed by atoms with van der Waals surface area (Å²) < 4.78 is 0. The Kier molecular flexibility index (Phi) is 4.28. The molecule has 3 nitrogen and oxygen atoms in total. The van der Waals surface area contributed by atoms with Gasteiger partial charge in [0.05, 0.1) is 5.69 Å². The van der Waals surface area contributed by atoms with Gasteiger partial charge in [0, 0.05) is 17.5 Å². The fraction of sp³-hybridized carbons (Fsp3) is 0.786. The second-order valence-electron chi connectivity index (χ2n) is 5.97. The minimum atomic E-state index is 0.303. The molecule has 1 heterocycles. The van der Waals surface area contributed by atoms with Crippen LogP contribution >= 0.6 is 11.3 Å². The number of nitrogens with zero attached hydrogens (tertiary/aromatic N) is 2. The van der Waals surface area contributed by atoms with Crippen LogP contribution < -0.4 is 5.32 Å². The highest BCUT2D eigenvalue weighted by Crippen LogP contribution is 2.36. The summed E-state index contributed by atoms with van der Waals surface area (Å²) >= 11 is 1.71. The van der Waals surface area contributed by atoms with E-state index in [1.165, 1.54) is 25.7 Å². The molecule has 1 aliphatic carbocycles. The van der Waals surface area contributed by atoms with Crippen molar-refractivity contribution in [1.29, 1.82) is 0 Å². The minimum Gasteiger partial charge on any atom is -0.360 e. The van der Waals surface area contributed by atoms with E-state index in [1.54, 1.807) is 11.3 Å². The van der Waals surface area contributed by atoms with E-state index in [0.717, 1.165) is 23.3 Å². The van der Waals surface area contributed by atoms with E-state index in [1.807, 2.05) is 6.92 Å². The third-order valence-electron chi connectivity index (χ3n) is 4.20. The van der Waals surface area contributed by atoms with Gasteiger partial charge in [0.25, 0.3) is 0 Å². The molecule has 1 fully saturated rings. The fourth-order valence-electron chi connectivity index (χ4n) is 3.03. The van der Waals surface area contributed by atoms with Crippen molar-refractivity contribution in [2.24, 2.45) is 5.92 Å². The largest absolute Gasteiger partial charge is 0.360 e. The van der Waals surface area contributed by atoms with Crippen LogP contribution in [0.5, 0.6) is 0 Å². The average Bonchev–Trinajstić information content (AvgIpc) is 2.72. The number of thiazole rings is 1. The van der Waals surface area contributed by atoms with Crippen LogP contribution in [0.15, 0.2) is 5.38 Å². The van der Waals surface area contributed by atoms with E-state index >= 15 is 0 Å². The van der Waals surface area contributed by atoms with Crippen molar-refractivity contribution < 1.29 is 0 Å². The predicted octanol–water partition coefficient (Wildman–Crippen LogP) is 3.37. The Balaban J connectivity index is 2.02. The van der Waals surface area contributed by atoms with Crippen LogP contribution in [0.3, 0.4) is 0 Å². The molecule has 1 aliphatic rings. The third-order valence-corrected chi connectivity index (χ3v) is 5.12. The Morgan fingerprint density at radius 1 is 1.56 bits per heavy atom. The number of aromatic nitrogens is 1. The Bertz CT molecular complexity index is 388. The van der Waals surface area contributed by atoms with Gasteiger partial charge in [-0.1, -0.05) is 19.8 Å². The number of rotatable bonds is 4. The first-order valence-corrected chi connectivity index (χ1v) is 7.73. The molecule has 2 unspecified atom stereocenters. The number of likely N-dealkylation sites (N-methyl/N-ethyl adjacent to an activating group) is 1. The third kappa shape index (κ3) is 3.04. The minimum absolute atomic E-state index is 0.303. The van der Waals surface area contributed by atoms with Crippen molar-refractivity contribution in [3.05, 3.63) is 11.1 Å². The van der Waals surface area contributed by atoms with E-state index in [9.17, 15) is 0 Å². The number of nitrogens with one attached hydrogen (secondary N) is 1. The standard InChI is InChI=1S/C14H25N3S/c1-11-6-5-7-14(8-11,17(3)4)10-15-13-16-12(2)9-18-13/h9,11H,5-8,10H2,1-4H3,(H,15,16). The van der Waals surface area contributed by atoms with Crippen molar-refractivity contribution in [3.63, 3.8) is 0 Å². The summed E-state index contributed by atoms with van der Waals surface area (Å²) in [5, 5.41) is 6.71. The van der Waals surface area contributed by atoms with Gasteiger partial charge in [0.15, 0.2) is 5.13 Å². The topological polar surface area (TPSA) is 28.2 Å². The maximum absolute atomic E-state index is 4.49. The highest BCUT2D eigenvalue weighted by Gasteiger charge is 2.36. The normalized spacial score (nSPS) is 28.6. The SMILES string of the molecule is Cc1csc(NCC2(N(C)C)CCCC(C)C2)n1. The monoisotopic (exact) mass is 267 g/mol. The van der Waals surface area contributed by atoms with Gasteiger partial charge >= 0.3 is 0 Å². The second-order valence-corrected chi connectivity index (χ2v) is 6.83. The van der Waals surface area contributed by atoms with E-state index in [0.29, 0.717) is 5.54 Å². The van der Waals surface area contributed by atoms with Gasteiger partial charge < -0.3 is 10.2 Å². The molecule has 1 saturated carbocycles.